The van der Waals surface area contributed by atoms with E-state index in [2.05, 4.69) is 5.32 Å². The molecule has 88 valence electrons. The number of halogens is 1. The van der Waals surface area contributed by atoms with Gasteiger partial charge in [0.1, 0.15) is 5.82 Å². The molecule has 2 aromatic carbocycles. The molecular formula is C13H13FN2S. The van der Waals surface area contributed by atoms with Gasteiger partial charge in [-0.1, -0.05) is 12.1 Å². The number of anilines is 3. The second-order valence-electron chi connectivity index (χ2n) is 3.56. The minimum atomic E-state index is -0.328. The molecule has 0 aliphatic rings. The number of para-hydroxylation sites is 1. The van der Waals surface area contributed by atoms with Crippen LogP contribution in [-0.4, -0.2) is 6.26 Å². The fourth-order valence-electron chi connectivity index (χ4n) is 1.54. The normalized spacial score (nSPS) is 10.2. The van der Waals surface area contributed by atoms with Crippen molar-refractivity contribution in [2.24, 2.45) is 0 Å². The van der Waals surface area contributed by atoms with Gasteiger partial charge in [0.05, 0.1) is 17.1 Å². The molecule has 0 radical (unpaired) electrons. The van der Waals surface area contributed by atoms with Crippen molar-refractivity contribution in [1.82, 2.24) is 0 Å². The van der Waals surface area contributed by atoms with Gasteiger partial charge in [-0.2, -0.15) is 0 Å². The zero-order chi connectivity index (χ0) is 12.3. The highest BCUT2D eigenvalue weighted by Crippen LogP contribution is 2.30. The third kappa shape index (κ3) is 2.71. The van der Waals surface area contributed by atoms with Crippen molar-refractivity contribution in [3.63, 3.8) is 0 Å². The molecule has 0 spiro atoms. The van der Waals surface area contributed by atoms with Crippen LogP contribution >= 0.6 is 11.8 Å². The van der Waals surface area contributed by atoms with Gasteiger partial charge in [0.2, 0.25) is 0 Å². The topological polar surface area (TPSA) is 38.0 Å². The molecule has 2 rings (SSSR count). The number of nitrogens with two attached hydrogens (primary N) is 1. The van der Waals surface area contributed by atoms with E-state index in [4.69, 9.17) is 5.73 Å². The molecule has 0 bridgehead atoms. The zero-order valence-electron chi connectivity index (χ0n) is 9.41. The van der Waals surface area contributed by atoms with Crippen LogP contribution in [0.3, 0.4) is 0 Å². The summed E-state index contributed by atoms with van der Waals surface area (Å²) in [6, 6.07) is 12.3. The molecular weight excluding hydrogens is 235 g/mol. The Balaban J connectivity index is 2.31. The Morgan fingerprint density at radius 3 is 2.59 bits per heavy atom. The molecule has 0 aliphatic heterocycles. The molecule has 2 nitrogen and oxygen atoms in total. The Labute approximate surface area is 104 Å². The predicted molar refractivity (Wildman–Crippen MR) is 72.3 cm³/mol. The molecule has 0 atom stereocenters. The number of nitrogens with one attached hydrogen (secondary N) is 1. The first kappa shape index (κ1) is 11.8. The first-order chi connectivity index (χ1) is 8.20. The lowest BCUT2D eigenvalue weighted by Crippen LogP contribution is -1.97. The van der Waals surface area contributed by atoms with Crippen molar-refractivity contribution in [2.75, 3.05) is 17.3 Å². The van der Waals surface area contributed by atoms with E-state index in [-0.39, 0.29) is 5.82 Å². The molecule has 3 N–H and O–H groups in total. The van der Waals surface area contributed by atoms with E-state index < -0.39 is 0 Å². The third-order valence-electron chi connectivity index (χ3n) is 2.39. The van der Waals surface area contributed by atoms with Crippen molar-refractivity contribution in [3.8, 4) is 0 Å². The summed E-state index contributed by atoms with van der Waals surface area (Å²) < 4.78 is 12.9. The summed E-state index contributed by atoms with van der Waals surface area (Å²) in [5.74, 6) is -0.328. The average Bonchev–Trinajstić information content (AvgIpc) is 2.33. The lowest BCUT2D eigenvalue weighted by molar-refractivity contribution is 0.628. The number of hydrogen-bond acceptors (Lipinski definition) is 3. The summed E-state index contributed by atoms with van der Waals surface area (Å²) in [5.41, 5.74) is 7.84. The molecule has 0 fully saturated rings. The lowest BCUT2D eigenvalue weighted by atomic mass is 10.2. The van der Waals surface area contributed by atoms with Crippen LogP contribution in [0.2, 0.25) is 0 Å². The maximum absolute atomic E-state index is 12.9. The molecule has 4 heteroatoms. The number of thioether (sulfide) groups is 1. The first-order valence-electron chi connectivity index (χ1n) is 5.16. The van der Waals surface area contributed by atoms with Gasteiger partial charge in [-0.25, -0.2) is 4.39 Å². The van der Waals surface area contributed by atoms with Gasteiger partial charge in [0.15, 0.2) is 0 Å². The Kier molecular flexibility index (Phi) is 3.54. The van der Waals surface area contributed by atoms with E-state index in [1.807, 2.05) is 30.5 Å². The van der Waals surface area contributed by atoms with Crippen LogP contribution in [0.15, 0.2) is 47.4 Å². The fraction of sp³-hybridized carbons (Fsp3) is 0.0769. The van der Waals surface area contributed by atoms with E-state index in [0.29, 0.717) is 11.4 Å². The largest absolute Gasteiger partial charge is 0.397 e. The van der Waals surface area contributed by atoms with E-state index in [0.717, 1.165) is 10.6 Å². The van der Waals surface area contributed by atoms with Gasteiger partial charge < -0.3 is 11.1 Å². The highest BCUT2D eigenvalue weighted by atomic mass is 32.2. The molecule has 2 aromatic rings. The number of hydrogen-bond donors (Lipinski definition) is 2. The van der Waals surface area contributed by atoms with Crippen LogP contribution in [0.4, 0.5) is 21.5 Å². The molecule has 0 saturated carbocycles. The summed E-state index contributed by atoms with van der Waals surface area (Å²) in [4.78, 5) is 1.12. The van der Waals surface area contributed by atoms with E-state index in [1.165, 1.54) is 12.1 Å². The van der Waals surface area contributed by atoms with Crippen LogP contribution in [0, 0.1) is 5.82 Å². The Morgan fingerprint density at radius 1 is 1.12 bits per heavy atom. The molecule has 0 aromatic heterocycles. The fourth-order valence-corrected chi connectivity index (χ4v) is 2.09. The zero-order valence-corrected chi connectivity index (χ0v) is 10.2. The van der Waals surface area contributed by atoms with Crippen LogP contribution < -0.4 is 11.1 Å². The van der Waals surface area contributed by atoms with Crippen LogP contribution in [0.5, 0.6) is 0 Å². The van der Waals surface area contributed by atoms with Crippen molar-refractivity contribution >= 4 is 28.8 Å². The standard InChI is InChI=1S/C13H13FN2S/c1-17-13-5-3-2-4-12(13)16-11-7-6-9(14)8-10(11)15/h2-8,16H,15H2,1H3. The maximum Gasteiger partial charge on any atom is 0.125 e. The summed E-state index contributed by atoms with van der Waals surface area (Å²) in [6.45, 7) is 0. The van der Waals surface area contributed by atoms with Gasteiger partial charge in [0, 0.05) is 4.90 Å². The molecule has 0 saturated heterocycles. The molecule has 0 amide bonds. The molecule has 0 unspecified atom stereocenters. The SMILES string of the molecule is CSc1ccccc1Nc1ccc(F)cc1N. The van der Waals surface area contributed by atoms with Crippen molar-refractivity contribution in [3.05, 3.63) is 48.3 Å². The second kappa shape index (κ2) is 5.10. The quantitative estimate of drug-likeness (QED) is 0.639. The summed E-state index contributed by atoms with van der Waals surface area (Å²) in [6.07, 6.45) is 2.01. The van der Waals surface area contributed by atoms with Crippen molar-refractivity contribution in [2.45, 2.75) is 4.90 Å². The smallest absolute Gasteiger partial charge is 0.125 e. The predicted octanol–water partition coefficient (Wildman–Crippen LogP) is 3.87. The summed E-state index contributed by atoms with van der Waals surface area (Å²) in [5, 5.41) is 3.21. The molecule has 0 aliphatic carbocycles. The first-order valence-corrected chi connectivity index (χ1v) is 6.38. The lowest BCUT2D eigenvalue weighted by Gasteiger charge is -2.12. The number of nitrogen functional groups attached to an aromatic ring is 1. The number of benzene rings is 2. The van der Waals surface area contributed by atoms with Crippen molar-refractivity contribution < 1.29 is 4.39 Å². The highest BCUT2D eigenvalue weighted by Gasteiger charge is 2.04. The second-order valence-corrected chi connectivity index (χ2v) is 4.40. The van der Waals surface area contributed by atoms with Gasteiger partial charge in [-0.05, 0) is 36.6 Å². The monoisotopic (exact) mass is 248 g/mol. The van der Waals surface area contributed by atoms with Crippen LogP contribution in [-0.2, 0) is 0 Å². The highest BCUT2D eigenvalue weighted by molar-refractivity contribution is 7.98. The van der Waals surface area contributed by atoms with Crippen molar-refractivity contribution in [1.29, 1.82) is 0 Å². The van der Waals surface area contributed by atoms with E-state index >= 15 is 0 Å². The summed E-state index contributed by atoms with van der Waals surface area (Å²) in [7, 11) is 0. The Morgan fingerprint density at radius 2 is 1.88 bits per heavy atom. The maximum atomic E-state index is 12.9. The van der Waals surface area contributed by atoms with E-state index in [1.54, 1.807) is 17.8 Å². The Hall–Kier alpha value is -1.68. The van der Waals surface area contributed by atoms with Gasteiger partial charge in [0.25, 0.3) is 0 Å². The third-order valence-corrected chi connectivity index (χ3v) is 3.19. The minimum absolute atomic E-state index is 0.328. The minimum Gasteiger partial charge on any atom is -0.397 e. The Bertz CT molecular complexity index is 529. The molecule has 17 heavy (non-hydrogen) atoms. The van der Waals surface area contributed by atoms with Gasteiger partial charge >= 0.3 is 0 Å². The summed E-state index contributed by atoms with van der Waals surface area (Å²) >= 11 is 1.65. The van der Waals surface area contributed by atoms with Crippen LogP contribution in [0.1, 0.15) is 0 Å². The van der Waals surface area contributed by atoms with Gasteiger partial charge in [-0.15, -0.1) is 11.8 Å². The molecule has 0 heterocycles. The average molecular weight is 248 g/mol. The number of rotatable bonds is 3. The van der Waals surface area contributed by atoms with Gasteiger partial charge in [-0.3, -0.25) is 0 Å². The van der Waals surface area contributed by atoms with Crippen LogP contribution in [0.25, 0.3) is 0 Å². The van der Waals surface area contributed by atoms with E-state index in [9.17, 15) is 4.39 Å².